The second-order valence-corrected chi connectivity index (χ2v) is 15.6. The smallest absolute Gasteiger partial charge is 0.310 e. The van der Waals surface area contributed by atoms with E-state index in [0.717, 1.165) is 83.5 Å². The van der Waals surface area contributed by atoms with E-state index in [1.54, 1.807) is 6.08 Å². The van der Waals surface area contributed by atoms with Gasteiger partial charge in [0, 0.05) is 12.8 Å². The molecular formula is C56H88O6. The van der Waals surface area contributed by atoms with Gasteiger partial charge in [0.25, 0.3) is 0 Å². The van der Waals surface area contributed by atoms with Gasteiger partial charge in [-0.25, -0.2) is 0 Å². The van der Waals surface area contributed by atoms with Gasteiger partial charge in [-0.3, -0.25) is 14.4 Å². The van der Waals surface area contributed by atoms with E-state index in [-0.39, 0.29) is 38.0 Å². The fourth-order valence-corrected chi connectivity index (χ4v) is 6.11. The molecule has 0 rings (SSSR count). The zero-order valence-corrected chi connectivity index (χ0v) is 39.6. The lowest BCUT2D eigenvalue weighted by atomic mass is 10.1. The van der Waals surface area contributed by atoms with Gasteiger partial charge in [-0.15, -0.1) is 0 Å². The van der Waals surface area contributed by atoms with E-state index < -0.39 is 12.1 Å². The van der Waals surface area contributed by atoms with E-state index in [0.29, 0.717) is 19.3 Å². The molecule has 0 aromatic carbocycles. The number of hydrogen-bond acceptors (Lipinski definition) is 6. The van der Waals surface area contributed by atoms with Crippen molar-refractivity contribution in [3.63, 3.8) is 0 Å². The van der Waals surface area contributed by atoms with Crippen molar-refractivity contribution >= 4 is 17.9 Å². The molecule has 348 valence electrons. The quantitative estimate of drug-likeness (QED) is 0.0263. The number of unbranched alkanes of at least 4 members (excludes halogenated alkanes) is 12. The highest BCUT2D eigenvalue weighted by Gasteiger charge is 2.19. The van der Waals surface area contributed by atoms with E-state index in [9.17, 15) is 14.4 Å². The first kappa shape index (κ1) is 57.8. The molecule has 0 aliphatic heterocycles. The molecular weight excluding hydrogens is 769 g/mol. The Morgan fingerprint density at radius 3 is 1.16 bits per heavy atom. The molecule has 0 radical (unpaired) electrons. The SMILES string of the molecule is CC/C=C\C/C=C\C/C=C\C/C=C\C/C=C\CC(=O)OC(COC(=O)CC/C=C\C/C=C\C/C=C\C/C=C\CC)COC(=O)CCCCCCC/C=C\CCCCCCCCC. The summed E-state index contributed by atoms with van der Waals surface area (Å²) in [6, 6.07) is 0. The van der Waals surface area contributed by atoms with Crippen LogP contribution >= 0.6 is 0 Å². The van der Waals surface area contributed by atoms with Gasteiger partial charge >= 0.3 is 17.9 Å². The van der Waals surface area contributed by atoms with Crippen LogP contribution in [0.5, 0.6) is 0 Å². The van der Waals surface area contributed by atoms with Crippen molar-refractivity contribution in [1.82, 2.24) is 0 Å². The van der Waals surface area contributed by atoms with Gasteiger partial charge in [0.2, 0.25) is 0 Å². The van der Waals surface area contributed by atoms with Crippen LogP contribution in [0.4, 0.5) is 0 Å². The Morgan fingerprint density at radius 2 is 0.710 bits per heavy atom. The van der Waals surface area contributed by atoms with E-state index in [1.165, 1.54) is 57.8 Å². The van der Waals surface area contributed by atoms with Crippen molar-refractivity contribution in [2.45, 2.75) is 200 Å². The molecule has 0 amide bonds. The molecule has 1 atom stereocenters. The van der Waals surface area contributed by atoms with Gasteiger partial charge in [-0.1, -0.05) is 200 Å². The average Bonchev–Trinajstić information content (AvgIpc) is 3.27. The van der Waals surface area contributed by atoms with Crippen LogP contribution in [-0.2, 0) is 28.6 Å². The van der Waals surface area contributed by atoms with Crippen molar-refractivity contribution in [2.24, 2.45) is 0 Å². The van der Waals surface area contributed by atoms with Crippen LogP contribution < -0.4 is 0 Å². The normalized spacial score (nSPS) is 13.1. The summed E-state index contributed by atoms with van der Waals surface area (Å²) in [6.45, 7) is 6.22. The van der Waals surface area contributed by atoms with Crippen LogP contribution in [0.1, 0.15) is 194 Å². The summed E-state index contributed by atoms with van der Waals surface area (Å²) in [5.41, 5.74) is 0. The maximum Gasteiger partial charge on any atom is 0.310 e. The summed E-state index contributed by atoms with van der Waals surface area (Å²) < 4.78 is 16.6. The molecule has 0 spiro atoms. The van der Waals surface area contributed by atoms with Crippen LogP contribution in [0, 0.1) is 0 Å². The fourth-order valence-electron chi connectivity index (χ4n) is 6.11. The van der Waals surface area contributed by atoms with E-state index in [2.05, 4.69) is 118 Å². The lowest BCUT2D eigenvalue weighted by Crippen LogP contribution is -2.30. The molecule has 0 N–H and O–H groups in total. The standard InChI is InChI=1S/C56H88O6/c1-4-7-10-13-16-19-22-25-27-29-31-34-37-40-43-46-49-55(58)61-52-53(51-60-54(57)48-45-42-39-36-33-30-24-21-18-15-12-9-6-3)62-56(59)50-47-44-41-38-35-32-28-26-23-20-17-14-11-8-5-2/h8-9,11-12,17-18,20-21,26-30,33,35,38-39,42,44,47,53H,4-7,10,13-16,19,22-25,31-32,34,36-37,40-41,43,45-46,48-52H2,1-3H3/b11-8-,12-9-,20-17-,21-18-,28-26-,29-27-,33-30-,38-35-,42-39-,47-44-. The van der Waals surface area contributed by atoms with Gasteiger partial charge in [0.15, 0.2) is 6.10 Å². The Labute approximate surface area is 380 Å². The molecule has 6 heteroatoms. The van der Waals surface area contributed by atoms with Crippen LogP contribution in [0.2, 0.25) is 0 Å². The molecule has 0 heterocycles. The van der Waals surface area contributed by atoms with Crippen molar-refractivity contribution in [3.8, 4) is 0 Å². The minimum atomic E-state index is -0.866. The molecule has 0 aliphatic carbocycles. The summed E-state index contributed by atoms with van der Waals surface area (Å²) in [4.78, 5) is 37.8. The summed E-state index contributed by atoms with van der Waals surface area (Å²) in [6.07, 6.45) is 67.9. The number of carbonyl (C=O) groups excluding carboxylic acids is 3. The summed E-state index contributed by atoms with van der Waals surface area (Å²) in [7, 11) is 0. The summed E-state index contributed by atoms with van der Waals surface area (Å²) in [5.74, 6) is -1.18. The predicted octanol–water partition coefficient (Wildman–Crippen LogP) is 16.1. The van der Waals surface area contributed by atoms with Gasteiger partial charge in [-0.05, 0) is 96.3 Å². The van der Waals surface area contributed by atoms with Crippen molar-refractivity contribution in [2.75, 3.05) is 13.2 Å². The Morgan fingerprint density at radius 1 is 0.355 bits per heavy atom. The molecule has 1 unspecified atom stereocenters. The maximum absolute atomic E-state index is 12.7. The van der Waals surface area contributed by atoms with E-state index >= 15 is 0 Å². The largest absolute Gasteiger partial charge is 0.462 e. The molecule has 0 saturated heterocycles. The second-order valence-electron chi connectivity index (χ2n) is 15.6. The van der Waals surface area contributed by atoms with Crippen LogP contribution in [-0.4, -0.2) is 37.2 Å². The number of rotatable bonds is 42. The van der Waals surface area contributed by atoms with Crippen LogP contribution in [0.15, 0.2) is 122 Å². The van der Waals surface area contributed by atoms with Gasteiger partial charge in [0.05, 0.1) is 6.42 Å². The molecule has 0 bridgehead atoms. The monoisotopic (exact) mass is 857 g/mol. The Kier molecular flexibility index (Phi) is 46.1. The number of allylic oxidation sites excluding steroid dienone is 19. The first-order valence-electron chi connectivity index (χ1n) is 24.5. The summed E-state index contributed by atoms with van der Waals surface area (Å²) >= 11 is 0. The zero-order valence-electron chi connectivity index (χ0n) is 39.6. The van der Waals surface area contributed by atoms with Gasteiger partial charge < -0.3 is 14.2 Å². The van der Waals surface area contributed by atoms with E-state index in [4.69, 9.17) is 14.2 Å². The lowest BCUT2D eigenvalue weighted by Gasteiger charge is -2.18. The Bertz CT molecular complexity index is 1350. The van der Waals surface area contributed by atoms with Crippen molar-refractivity contribution < 1.29 is 28.6 Å². The molecule has 0 saturated carbocycles. The zero-order chi connectivity index (χ0) is 45.1. The number of esters is 3. The third-order valence-corrected chi connectivity index (χ3v) is 9.73. The molecule has 0 fully saturated rings. The van der Waals surface area contributed by atoms with Crippen molar-refractivity contribution in [3.05, 3.63) is 122 Å². The number of carbonyl (C=O) groups is 3. The minimum Gasteiger partial charge on any atom is -0.462 e. The van der Waals surface area contributed by atoms with Gasteiger partial charge in [0.1, 0.15) is 13.2 Å². The first-order valence-corrected chi connectivity index (χ1v) is 24.5. The Hall–Kier alpha value is -4.19. The van der Waals surface area contributed by atoms with E-state index in [1.807, 2.05) is 18.2 Å². The predicted molar refractivity (Wildman–Crippen MR) is 265 cm³/mol. The van der Waals surface area contributed by atoms with Crippen LogP contribution in [0.3, 0.4) is 0 Å². The highest BCUT2D eigenvalue weighted by molar-refractivity contribution is 5.72. The molecule has 0 aliphatic rings. The second kappa shape index (κ2) is 49.5. The number of ether oxygens (including phenoxy) is 3. The van der Waals surface area contributed by atoms with Crippen LogP contribution in [0.25, 0.3) is 0 Å². The molecule has 0 aromatic heterocycles. The fraction of sp³-hybridized carbons (Fsp3) is 0.589. The number of hydrogen-bond donors (Lipinski definition) is 0. The lowest BCUT2D eigenvalue weighted by molar-refractivity contribution is -0.166. The molecule has 0 aromatic rings. The third-order valence-electron chi connectivity index (χ3n) is 9.73. The maximum atomic E-state index is 12.7. The third kappa shape index (κ3) is 46.9. The summed E-state index contributed by atoms with van der Waals surface area (Å²) in [5, 5.41) is 0. The van der Waals surface area contributed by atoms with Crippen molar-refractivity contribution in [1.29, 1.82) is 0 Å². The average molecular weight is 857 g/mol. The molecule has 6 nitrogen and oxygen atoms in total. The molecule has 62 heavy (non-hydrogen) atoms. The first-order chi connectivity index (χ1) is 30.5. The van der Waals surface area contributed by atoms with Gasteiger partial charge in [-0.2, -0.15) is 0 Å². The highest BCUT2D eigenvalue weighted by atomic mass is 16.6. The topological polar surface area (TPSA) is 78.9 Å². The highest BCUT2D eigenvalue weighted by Crippen LogP contribution is 2.12. The Balaban J connectivity index is 4.62. The minimum absolute atomic E-state index is 0.0761.